The van der Waals surface area contributed by atoms with Crippen LogP contribution in [0.3, 0.4) is 0 Å². The van der Waals surface area contributed by atoms with Gasteiger partial charge in [-0.25, -0.2) is 4.39 Å². The summed E-state index contributed by atoms with van der Waals surface area (Å²) in [5.41, 5.74) is 2.06. The lowest BCUT2D eigenvalue weighted by atomic mass is 9.95. The van der Waals surface area contributed by atoms with Gasteiger partial charge in [-0.1, -0.05) is 12.1 Å². The third kappa shape index (κ3) is 4.07. The molecule has 2 aromatic rings. The third-order valence-electron chi connectivity index (χ3n) is 4.35. The Labute approximate surface area is 167 Å². The number of nitrogens with one attached hydrogen (secondary N) is 3. The number of carbonyl (C=O) groups excluding carboxylic acids is 1. The van der Waals surface area contributed by atoms with Crippen molar-refractivity contribution in [3.05, 3.63) is 65.1 Å². The number of amides is 1. The molecule has 3 rings (SSSR count). The molecule has 2 aromatic carbocycles. The van der Waals surface area contributed by atoms with Crippen molar-refractivity contribution >= 4 is 28.9 Å². The van der Waals surface area contributed by atoms with Crippen LogP contribution in [0, 0.1) is 5.82 Å². The van der Waals surface area contributed by atoms with Gasteiger partial charge in [0.2, 0.25) is 0 Å². The Morgan fingerprint density at radius 1 is 1.18 bits per heavy atom. The van der Waals surface area contributed by atoms with Gasteiger partial charge in [-0.15, -0.1) is 0 Å². The van der Waals surface area contributed by atoms with E-state index in [0.29, 0.717) is 39.1 Å². The highest BCUT2D eigenvalue weighted by Gasteiger charge is 2.30. The molecule has 6 nitrogen and oxygen atoms in total. The number of rotatable bonds is 5. The number of hydrogen-bond donors (Lipinski definition) is 3. The number of hydrogen-bond acceptors (Lipinski definition) is 4. The molecule has 1 unspecified atom stereocenters. The highest BCUT2D eigenvalue weighted by molar-refractivity contribution is 7.80. The average Bonchev–Trinajstić information content (AvgIpc) is 2.67. The summed E-state index contributed by atoms with van der Waals surface area (Å²) >= 11 is 5.21. The molecule has 1 heterocycles. The Bertz CT molecular complexity index is 961. The summed E-state index contributed by atoms with van der Waals surface area (Å²) in [5.74, 6) is 0.311. The molecule has 0 fully saturated rings. The predicted octanol–water partition coefficient (Wildman–Crippen LogP) is 3.27. The second-order valence-corrected chi connectivity index (χ2v) is 6.55. The summed E-state index contributed by atoms with van der Waals surface area (Å²) < 4.78 is 24.3. The van der Waals surface area contributed by atoms with Crippen LogP contribution in [0.25, 0.3) is 0 Å². The molecular weight excluding hydrogens is 381 g/mol. The fourth-order valence-corrected chi connectivity index (χ4v) is 3.29. The maximum Gasteiger partial charge on any atom is 0.255 e. The minimum absolute atomic E-state index is 0.363. The fourth-order valence-electron chi connectivity index (χ4n) is 3.02. The Hall–Kier alpha value is -3.13. The van der Waals surface area contributed by atoms with Crippen molar-refractivity contribution in [2.24, 2.45) is 0 Å². The monoisotopic (exact) mass is 401 g/mol. The van der Waals surface area contributed by atoms with E-state index in [1.807, 2.05) is 0 Å². The van der Waals surface area contributed by atoms with Crippen molar-refractivity contribution in [2.45, 2.75) is 13.0 Å². The van der Waals surface area contributed by atoms with E-state index in [4.69, 9.17) is 21.7 Å². The molecule has 0 radical (unpaired) electrons. The number of anilines is 1. The van der Waals surface area contributed by atoms with Crippen molar-refractivity contribution < 1.29 is 18.7 Å². The Morgan fingerprint density at radius 2 is 1.96 bits per heavy atom. The topological polar surface area (TPSA) is 71.6 Å². The van der Waals surface area contributed by atoms with Crippen LogP contribution in [0.1, 0.15) is 18.5 Å². The van der Waals surface area contributed by atoms with E-state index in [1.165, 1.54) is 19.2 Å². The van der Waals surface area contributed by atoms with Gasteiger partial charge in [0.15, 0.2) is 5.11 Å². The maximum absolute atomic E-state index is 13.7. The number of thiocarbonyl (C=S) groups is 1. The molecule has 1 atom stereocenters. The number of benzene rings is 2. The van der Waals surface area contributed by atoms with E-state index in [2.05, 4.69) is 16.0 Å². The van der Waals surface area contributed by atoms with E-state index in [1.54, 1.807) is 44.4 Å². The van der Waals surface area contributed by atoms with Crippen LogP contribution in [-0.4, -0.2) is 25.2 Å². The first-order valence-corrected chi connectivity index (χ1v) is 8.91. The SMILES string of the molecule is COc1ccc(NC(=O)C2=C(C)NC(=S)NC2c2cccc(F)c2)c(OC)c1. The van der Waals surface area contributed by atoms with Crippen molar-refractivity contribution in [2.75, 3.05) is 19.5 Å². The molecule has 0 spiro atoms. The lowest BCUT2D eigenvalue weighted by Gasteiger charge is -2.30. The molecule has 0 saturated carbocycles. The number of carbonyl (C=O) groups is 1. The minimum Gasteiger partial charge on any atom is -0.497 e. The van der Waals surface area contributed by atoms with Crippen molar-refractivity contribution in [1.82, 2.24) is 10.6 Å². The molecule has 8 heteroatoms. The van der Waals surface area contributed by atoms with Gasteiger partial charge in [0.05, 0.1) is 31.5 Å². The number of methoxy groups -OCH3 is 2. The van der Waals surface area contributed by atoms with Gasteiger partial charge in [0, 0.05) is 11.8 Å². The van der Waals surface area contributed by atoms with Gasteiger partial charge >= 0.3 is 0 Å². The lowest BCUT2D eigenvalue weighted by Crippen LogP contribution is -2.45. The van der Waals surface area contributed by atoms with Crippen LogP contribution in [-0.2, 0) is 4.79 Å². The van der Waals surface area contributed by atoms with E-state index in [9.17, 15) is 9.18 Å². The number of allylic oxidation sites excluding steroid dienone is 1. The zero-order valence-corrected chi connectivity index (χ0v) is 16.4. The van der Waals surface area contributed by atoms with E-state index in [0.717, 1.165) is 0 Å². The van der Waals surface area contributed by atoms with E-state index in [-0.39, 0.29) is 5.91 Å². The molecular formula is C20H20FN3O3S. The Kier molecular flexibility index (Phi) is 5.79. The van der Waals surface area contributed by atoms with Gasteiger partial charge in [-0.2, -0.15) is 0 Å². The molecule has 0 aliphatic carbocycles. The summed E-state index contributed by atoms with van der Waals surface area (Å²) in [6.45, 7) is 1.75. The van der Waals surface area contributed by atoms with Crippen LogP contribution >= 0.6 is 12.2 Å². The highest BCUT2D eigenvalue weighted by atomic mass is 32.1. The van der Waals surface area contributed by atoms with Gasteiger partial charge in [0.25, 0.3) is 5.91 Å². The van der Waals surface area contributed by atoms with E-state index < -0.39 is 11.9 Å². The van der Waals surface area contributed by atoms with Gasteiger partial charge < -0.3 is 25.4 Å². The smallest absolute Gasteiger partial charge is 0.255 e. The summed E-state index contributed by atoms with van der Waals surface area (Å²) in [4.78, 5) is 13.1. The molecule has 146 valence electrons. The van der Waals surface area contributed by atoms with E-state index >= 15 is 0 Å². The Morgan fingerprint density at radius 3 is 2.64 bits per heavy atom. The molecule has 28 heavy (non-hydrogen) atoms. The van der Waals surface area contributed by atoms with Gasteiger partial charge in [-0.3, -0.25) is 4.79 Å². The van der Waals surface area contributed by atoms with Gasteiger partial charge in [0.1, 0.15) is 17.3 Å². The Balaban J connectivity index is 1.96. The minimum atomic E-state index is -0.589. The van der Waals surface area contributed by atoms with Crippen LogP contribution < -0.4 is 25.4 Å². The first-order valence-electron chi connectivity index (χ1n) is 8.50. The fraction of sp³-hybridized carbons (Fsp3) is 0.200. The zero-order valence-electron chi connectivity index (χ0n) is 15.6. The predicted molar refractivity (Wildman–Crippen MR) is 109 cm³/mol. The summed E-state index contributed by atoms with van der Waals surface area (Å²) in [5, 5.41) is 9.20. The molecule has 0 saturated heterocycles. The third-order valence-corrected chi connectivity index (χ3v) is 4.57. The highest BCUT2D eigenvalue weighted by Crippen LogP contribution is 2.32. The van der Waals surface area contributed by atoms with Crippen molar-refractivity contribution in [1.29, 1.82) is 0 Å². The van der Waals surface area contributed by atoms with Crippen LogP contribution in [0.2, 0.25) is 0 Å². The number of ether oxygens (including phenoxy) is 2. The summed E-state index contributed by atoms with van der Waals surface area (Å²) in [6, 6.07) is 10.5. The molecule has 1 aliphatic rings. The first kappa shape index (κ1) is 19.6. The molecule has 3 N–H and O–H groups in total. The summed E-state index contributed by atoms with van der Waals surface area (Å²) in [7, 11) is 3.06. The molecule has 1 aliphatic heterocycles. The quantitative estimate of drug-likeness (QED) is 0.668. The second kappa shape index (κ2) is 8.26. The normalized spacial score (nSPS) is 16.1. The largest absolute Gasteiger partial charge is 0.497 e. The molecule has 0 aromatic heterocycles. The van der Waals surface area contributed by atoms with Crippen molar-refractivity contribution in [3.63, 3.8) is 0 Å². The molecule has 1 amide bonds. The van der Waals surface area contributed by atoms with Crippen LogP contribution in [0.15, 0.2) is 53.7 Å². The lowest BCUT2D eigenvalue weighted by molar-refractivity contribution is -0.113. The standard InChI is InChI=1S/C20H20FN3O3S/c1-11-17(18(24-20(28)22-11)12-5-4-6-13(21)9-12)19(25)23-15-8-7-14(26-2)10-16(15)27-3/h4-10,18H,1-3H3,(H,23,25)(H2,22,24,28). The van der Waals surface area contributed by atoms with Crippen LogP contribution in [0.4, 0.5) is 10.1 Å². The second-order valence-electron chi connectivity index (χ2n) is 6.15. The van der Waals surface area contributed by atoms with Crippen LogP contribution in [0.5, 0.6) is 11.5 Å². The number of halogens is 1. The zero-order chi connectivity index (χ0) is 20.3. The molecule has 0 bridgehead atoms. The first-order chi connectivity index (χ1) is 13.4. The average molecular weight is 401 g/mol. The van der Waals surface area contributed by atoms with Gasteiger partial charge in [-0.05, 0) is 49.0 Å². The van der Waals surface area contributed by atoms with Crippen molar-refractivity contribution in [3.8, 4) is 11.5 Å². The maximum atomic E-state index is 13.7. The summed E-state index contributed by atoms with van der Waals surface area (Å²) in [6.07, 6.45) is 0.